The number of rotatable bonds is 9. The second-order valence-corrected chi connectivity index (χ2v) is 5.76. The first kappa shape index (κ1) is 15.8. The zero-order valence-corrected chi connectivity index (χ0v) is 13.3. The smallest absolute Gasteiger partial charge is 0.338 e. The van der Waals surface area contributed by atoms with Crippen LogP contribution in [0.25, 0.3) is 0 Å². The first-order valence-electron chi connectivity index (χ1n) is 7.34. The molecule has 0 saturated carbocycles. The summed E-state index contributed by atoms with van der Waals surface area (Å²) in [6.45, 7) is 4.90. The average molecular weight is 311 g/mol. The van der Waals surface area contributed by atoms with E-state index in [-0.39, 0.29) is 5.69 Å². The quantitative estimate of drug-likeness (QED) is 0.715. The van der Waals surface area contributed by atoms with Gasteiger partial charge in [0.15, 0.2) is 11.0 Å². The van der Waals surface area contributed by atoms with E-state index in [4.69, 9.17) is 4.52 Å². The molecule has 2 heterocycles. The summed E-state index contributed by atoms with van der Waals surface area (Å²) in [6.07, 6.45) is 4.99. The van der Waals surface area contributed by atoms with Gasteiger partial charge in [-0.3, -0.25) is 4.57 Å². The third-order valence-corrected chi connectivity index (χ3v) is 4.01. The summed E-state index contributed by atoms with van der Waals surface area (Å²) < 4.78 is 6.86. The van der Waals surface area contributed by atoms with E-state index in [2.05, 4.69) is 34.2 Å². The van der Waals surface area contributed by atoms with Crippen molar-refractivity contribution in [1.82, 2.24) is 24.9 Å². The molecule has 0 amide bonds. The highest BCUT2D eigenvalue weighted by atomic mass is 32.2. The normalized spacial score (nSPS) is 11.1. The molecule has 0 bridgehead atoms. The molecule has 0 aromatic carbocycles. The highest BCUT2D eigenvalue weighted by Crippen LogP contribution is 2.19. The zero-order valence-electron chi connectivity index (χ0n) is 12.5. The molecular weight excluding hydrogens is 290 g/mol. The predicted molar refractivity (Wildman–Crippen MR) is 80.2 cm³/mol. The number of aromatic nitrogens is 5. The van der Waals surface area contributed by atoms with Gasteiger partial charge in [0.25, 0.3) is 0 Å². The molecule has 0 radical (unpaired) electrons. The maximum absolute atomic E-state index is 11.7. The second kappa shape index (κ2) is 8.02. The third-order valence-electron chi connectivity index (χ3n) is 3.05. The van der Waals surface area contributed by atoms with Crippen molar-refractivity contribution in [3.05, 3.63) is 22.2 Å². The molecule has 21 heavy (non-hydrogen) atoms. The first-order valence-corrected chi connectivity index (χ1v) is 8.32. The lowest BCUT2D eigenvalue weighted by Gasteiger charge is -2.02. The lowest BCUT2D eigenvalue weighted by molar-refractivity contribution is 0.384. The Labute approximate surface area is 127 Å². The monoisotopic (exact) mass is 311 g/mol. The number of aryl methyl sites for hydroxylation is 1. The molecule has 0 aliphatic carbocycles. The van der Waals surface area contributed by atoms with Crippen molar-refractivity contribution in [3.63, 3.8) is 0 Å². The Bertz CT molecular complexity index is 604. The molecule has 2 rings (SSSR count). The maximum atomic E-state index is 11.7. The largest absolute Gasteiger partial charge is 0.343 e. The minimum absolute atomic E-state index is 0.167. The number of thioether (sulfide) groups is 1. The van der Waals surface area contributed by atoms with Crippen molar-refractivity contribution < 1.29 is 4.52 Å². The van der Waals surface area contributed by atoms with Crippen LogP contribution in [-0.2, 0) is 18.7 Å². The van der Waals surface area contributed by atoms with Crippen LogP contribution in [0.1, 0.15) is 51.2 Å². The highest BCUT2D eigenvalue weighted by molar-refractivity contribution is 7.98. The third kappa shape index (κ3) is 4.45. The Morgan fingerprint density at radius 1 is 1.29 bits per heavy atom. The van der Waals surface area contributed by atoms with Crippen LogP contribution in [0.4, 0.5) is 0 Å². The molecule has 8 heteroatoms. The standard InChI is InChI=1S/C13H21N5O2S/c1-3-5-7-10-14-11(20-17-10)9-21-13-16-15-12(19)18(13)8-6-4-2/h3-9H2,1-2H3,(H,15,19). The molecule has 0 aliphatic rings. The Kier molecular flexibility index (Phi) is 6.04. The first-order chi connectivity index (χ1) is 10.2. The molecule has 116 valence electrons. The van der Waals surface area contributed by atoms with Gasteiger partial charge in [0.05, 0.1) is 5.75 Å². The molecule has 0 fully saturated rings. The zero-order chi connectivity index (χ0) is 15.1. The van der Waals surface area contributed by atoms with Crippen LogP contribution in [-0.4, -0.2) is 24.9 Å². The summed E-state index contributed by atoms with van der Waals surface area (Å²) in [5, 5.41) is 11.1. The van der Waals surface area contributed by atoms with Gasteiger partial charge in [0, 0.05) is 13.0 Å². The molecule has 0 spiro atoms. The highest BCUT2D eigenvalue weighted by Gasteiger charge is 2.12. The molecule has 0 saturated heterocycles. The number of nitrogens with zero attached hydrogens (tertiary/aromatic N) is 4. The summed E-state index contributed by atoms with van der Waals surface area (Å²) in [5.74, 6) is 1.84. The minimum Gasteiger partial charge on any atom is -0.338 e. The number of aromatic amines is 1. The van der Waals surface area contributed by atoms with Crippen molar-refractivity contribution in [3.8, 4) is 0 Å². The van der Waals surface area contributed by atoms with Crippen LogP contribution in [0.3, 0.4) is 0 Å². The Hall–Kier alpha value is -1.57. The predicted octanol–water partition coefficient (Wildman–Crippen LogP) is 2.39. The van der Waals surface area contributed by atoms with Gasteiger partial charge < -0.3 is 4.52 Å². The van der Waals surface area contributed by atoms with Crippen molar-refractivity contribution in [2.24, 2.45) is 0 Å². The van der Waals surface area contributed by atoms with Crippen molar-refractivity contribution in [2.75, 3.05) is 0 Å². The van der Waals surface area contributed by atoms with Gasteiger partial charge in [-0.2, -0.15) is 4.98 Å². The number of H-pyrrole nitrogens is 1. The lowest BCUT2D eigenvalue weighted by atomic mass is 10.2. The van der Waals surface area contributed by atoms with Crippen LogP contribution in [0.2, 0.25) is 0 Å². The van der Waals surface area contributed by atoms with E-state index < -0.39 is 0 Å². The molecule has 0 unspecified atom stereocenters. The van der Waals surface area contributed by atoms with E-state index in [1.807, 2.05) is 0 Å². The second-order valence-electron chi connectivity index (χ2n) is 4.81. The fourth-order valence-electron chi connectivity index (χ4n) is 1.84. The van der Waals surface area contributed by atoms with Crippen LogP contribution >= 0.6 is 11.8 Å². The molecular formula is C13H21N5O2S. The van der Waals surface area contributed by atoms with Gasteiger partial charge in [-0.25, -0.2) is 9.89 Å². The van der Waals surface area contributed by atoms with Crippen LogP contribution in [0.5, 0.6) is 0 Å². The van der Waals surface area contributed by atoms with Crippen molar-refractivity contribution >= 4 is 11.8 Å². The Morgan fingerprint density at radius 2 is 2.10 bits per heavy atom. The van der Waals surface area contributed by atoms with Crippen LogP contribution < -0.4 is 5.69 Å². The fourth-order valence-corrected chi connectivity index (χ4v) is 2.65. The Morgan fingerprint density at radius 3 is 2.86 bits per heavy atom. The molecule has 0 aliphatic heterocycles. The summed E-state index contributed by atoms with van der Waals surface area (Å²) in [7, 11) is 0. The molecule has 2 aromatic heterocycles. The van der Waals surface area contributed by atoms with Gasteiger partial charge in [0.1, 0.15) is 0 Å². The average Bonchev–Trinajstić information content (AvgIpc) is 3.08. The number of nitrogens with one attached hydrogen (secondary N) is 1. The van der Waals surface area contributed by atoms with Gasteiger partial charge in [-0.15, -0.1) is 5.10 Å². The van der Waals surface area contributed by atoms with Gasteiger partial charge in [0.2, 0.25) is 5.89 Å². The Balaban J connectivity index is 1.93. The number of hydrogen-bond donors (Lipinski definition) is 1. The molecule has 1 N–H and O–H groups in total. The number of unbranched alkanes of at least 4 members (excludes halogenated alkanes) is 2. The van der Waals surface area contributed by atoms with Gasteiger partial charge >= 0.3 is 5.69 Å². The molecule has 2 aromatic rings. The van der Waals surface area contributed by atoms with Gasteiger partial charge in [-0.1, -0.05) is 43.6 Å². The van der Waals surface area contributed by atoms with E-state index in [9.17, 15) is 4.79 Å². The van der Waals surface area contributed by atoms with Crippen molar-refractivity contribution in [2.45, 2.75) is 63.4 Å². The summed E-state index contributed by atoms with van der Waals surface area (Å²) in [5.41, 5.74) is -0.167. The van der Waals surface area contributed by atoms with E-state index in [0.717, 1.165) is 37.9 Å². The molecule has 0 atom stereocenters. The van der Waals surface area contributed by atoms with Crippen LogP contribution in [0.15, 0.2) is 14.5 Å². The molecule has 7 nitrogen and oxygen atoms in total. The van der Waals surface area contributed by atoms with E-state index in [1.165, 1.54) is 11.8 Å². The fraction of sp³-hybridized carbons (Fsp3) is 0.692. The topological polar surface area (TPSA) is 89.6 Å². The summed E-state index contributed by atoms with van der Waals surface area (Å²) in [6, 6.07) is 0. The number of hydrogen-bond acceptors (Lipinski definition) is 6. The maximum Gasteiger partial charge on any atom is 0.343 e. The SMILES string of the molecule is CCCCc1noc(CSc2n[nH]c(=O)n2CCCC)n1. The summed E-state index contributed by atoms with van der Waals surface area (Å²) >= 11 is 1.43. The van der Waals surface area contributed by atoms with E-state index >= 15 is 0 Å². The van der Waals surface area contributed by atoms with Gasteiger partial charge in [-0.05, 0) is 12.8 Å². The van der Waals surface area contributed by atoms with Crippen LogP contribution in [0, 0.1) is 0 Å². The van der Waals surface area contributed by atoms with E-state index in [1.54, 1.807) is 4.57 Å². The van der Waals surface area contributed by atoms with Crippen molar-refractivity contribution in [1.29, 1.82) is 0 Å². The minimum atomic E-state index is -0.167. The van der Waals surface area contributed by atoms with E-state index in [0.29, 0.717) is 23.3 Å². The lowest BCUT2D eigenvalue weighted by Crippen LogP contribution is -2.17. The summed E-state index contributed by atoms with van der Waals surface area (Å²) in [4.78, 5) is 16.0.